The van der Waals surface area contributed by atoms with Crippen molar-refractivity contribution in [3.8, 4) is 22.5 Å². The van der Waals surface area contributed by atoms with Crippen LogP contribution < -0.4 is 0 Å². The molecule has 4 heteroatoms. The standard InChI is InChI=1S/C41H26N4/c1-6-16-36-27(11-1)21-22-41-35(26-42-45(36)41)28-23-29(43-37-17-7-2-12-31(37)32-13-3-8-18-38(32)43)25-30(24-28)44-39-19-9-4-14-33(39)34-15-5-10-20-40(34)44/h1-26H. The van der Waals surface area contributed by atoms with Gasteiger partial charge in [0.15, 0.2) is 0 Å². The Bertz CT molecular complexity index is 2540. The molecule has 0 aliphatic heterocycles. The summed E-state index contributed by atoms with van der Waals surface area (Å²) in [6, 6.07) is 54.6. The zero-order chi connectivity index (χ0) is 29.5. The topological polar surface area (TPSA) is 27.2 Å². The molecule has 10 aromatic rings. The second kappa shape index (κ2) is 9.18. The predicted octanol–water partition coefficient (Wildman–Crippen LogP) is 10.3. The first kappa shape index (κ1) is 24.3. The summed E-state index contributed by atoms with van der Waals surface area (Å²) in [7, 11) is 0. The van der Waals surface area contributed by atoms with Crippen LogP contribution in [-0.2, 0) is 0 Å². The molecule has 0 aliphatic rings. The molecule has 10 rings (SSSR count). The highest BCUT2D eigenvalue weighted by molar-refractivity contribution is 6.10. The fourth-order valence-corrected chi connectivity index (χ4v) is 7.33. The zero-order valence-corrected chi connectivity index (χ0v) is 24.3. The fraction of sp³-hybridized carbons (Fsp3) is 0. The van der Waals surface area contributed by atoms with Gasteiger partial charge >= 0.3 is 0 Å². The minimum atomic E-state index is 1.08. The Labute approximate surface area is 258 Å². The number of rotatable bonds is 3. The summed E-state index contributed by atoms with van der Waals surface area (Å²) in [5, 5.41) is 11.1. The van der Waals surface area contributed by atoms with Crippen molar-refractivity contribution < 1.29 is 0 Å². The molecule has 4 aromatic heterocycles. The van der Waals surface area contributed by atoms with Crippen molar-refractivity contribution in [1.82, 2.24) is 18.7 Å². The molecule has 0 saturated carbocycles. The quantitative estimate of drug-likeness (QED) is 0.206. The number of fused-ring (bicyclic) bond motifs is 9. The van der Waals surface area contributed by atoms with Crippen LogP contribution in [0.1, 0.15) is 0 Å². The highest BCUT2D eigenvalue weighted by Crippen LogP contribution is 2.38. The molecule has 0 N–H and O–H groups in total. The van der Waals surface area contributed by atoms with Crippen LogP contribution in [0.3, 0.4) is 0 Å². The molecule has 45 heavy (non-hydrogen) atoms. The molecule has 0 fully saturated rings. The number of hydrogen-bond acceptors (Lipinski definition) is 1. The predicted molar refractivity (Wildman–Crippen MR) is 187 cm³/mol. The first-order valence-electron chi connectivity index (χ1n) is 15.3. The molecular weight excluding hydrogens is 548 g/mol. The smallest absolute Gasteiger partial charge is 0.0747 e. The van der Waals surface area contributed by atoms with Crippen molar-refractivity contribution in [2.75, 3.05) is 0 Å². The molecule has 4 heterocycles. The van der Waals surface area contributed by atoms with Crippen LogP contribution in [0.15, 0.2) is 158 Å². The van der Waals surface area contributed by atoms with E-state index in [4.69, 9.17) is 5.10 Å². The molecule has 6 aromatic carbocycles. The Morgan fingerprint density at radius 3 is 1.33 bits per heavy atom. The van der Waals surface area contributed by atoms with E-state index in [1.807, 2.05) is 6.20 Å². The lowest BCUT2D eigenvalue weighted by atomic mass is 10.0. The van der Waals surface area contributed by atoms with Crippen molar-refractivity contribution in [2.45, 2.75) is 0 Å². The molecule has 0 atom stereocenters. The molecule has 0 saturated heterocycles. The number of aromatic nitrogens is 4. The van der Waals surface area contributed by atoms with Gasteiger partial charge in [-0.2, -0.15) is 5.10 Å². The van der Waals surface area contributed by atoms with Crippen LogP contribution in [-0.4, -0.2) is 18.7 Å². The van der Waals surface area contributed by atoms with Gasteiger partial charge in [-0.15, -0.1) is 0 Å². The number of pyridine rings is 1. The van der Waals surface area contributed by atoms with Crippen LogP contribution in [0.4, 0.5) is 0 Å². The number of hydrogen-bond donors (Lipinski definition) is 0. The molecule has 0 spiro atoms. The van der Waals surface area contributed by atoms with Gasteiger partial charge in [0, 0.05) is 43.9 Å². The van der Waals surface area contributed by atoms with Crippen LogP contribution >= 0.6 is 0 Å². The van der Waals surface area contributed by atoms with E-state index in [1.54, 1.807) is 0 Å². The van der Waals surface area contributed by atoms with Crippen LogP contribution in [0, 0.1) is 0 Å². The van der Waals surface area contributed by atoms with Gasteiger partial charge in [0.1, 0.15) is 0 Å². The van der Waals surface area contributed by atoms with Crippen LogP contribution in [0.25, 0.3) is 82.5 Å². The molecule has 0 aliphatic carbocycles. The Kier molecular flexibility index (Phi) is 4.96. The van der Waals surface area contributed by atoms with Crippen LogP contribution in [0.2, 0.25) is 0 Å². The second-order valence-corrected chi connectivity index (χ2v) is 11.7. The third-order valence-corrected chi connectivity index (χ3v) is 9.28. The fourth-order valence-electron chi connectivity index (χ4n) is 7.33. The molecule has 0 amide bonds. The van der Waals surface area contributed by atoms with Gasteiger partial charge in [-0.25, -0.2) is 4.52 Å². The number of nitrogens with zero attached hydrogens (tertiary/aromatic N) is 4. The molecule has 4 nitrogen and oxygen atoms in total. The lowest BCUT2D eigenvalue weighted by Gasteiger charge is -2.15. The van der Waals surface area contributed by atoms with E-state index in [-0.39, 0.29) is 0 Å². The van der Waals surface area contributed by atoms with Gasteiger partial charge in [-0.3, -0.25) is 0 Å². The Morgan fingerprint density at radius 2 is 0.822 bits per heavy atom. The second-order valence-electron chi connectivity index (χ2n) is 11.7. The average molecular weight is 575 g/mol. The Morgan fingerprint density at radius 1 is 0.378 bits per heavy atom. The summed E-state index contributed by atoms with van der Waals surface area (Å²) < 4.78 is 6.89. The monoisotopic (exact) mass is 574 g/mol. The first-order valence-corrected chi connectivity index (χ1v) is 15.3. The summed E-state index contributed by atoms with van der Waals surface area (Å²) >= 11 is 0. The molecule has 0 bridgehead atoms. The van der Waals surface area contributed by atoms with E-state index in [1.165, 1.54) is 49.0 Å². The number of para-hydroxylation sites is 5. The van der Waals surface area contributed by atoms with Crippen molar-refractivity contribution in [2.24, 2.45) is 0 Å². The maximum Gasteiger partial charge on any atom is 0.0747 e. The van der Waals surface area contributed by atoms with Crippen LogP contribution in [0.5, 0.6) is 0 Å². The summed E-state index contributed by atoms with van der Waals surface area (Å²) in [5.41, 5.74) is 11.4. The van der Waals surface area contributed by atoms with Gasteiger partial charge in [-0.1, -0.05) is 97.1 Å². The molecule has 210 valence electrons. The van der Waals surface area contributed by atoms with E-state index < -0.39 is 0 Å². The van der Waals surface area contributed by atoms with Gasteiger partial charge < -0.3 is 9.13 Å². The molecular formula is C41H26N4. The summed E-state index contributed by atoms with van der Waals surface area (Å²) in [5.74, 6) is 0. The highest BCUT2D eigenvalue weighted by atomic mass is 15.2. The largest absolute Gasteiger partial charge is 0.309 e. The average Bonchev–Trinajstić information content (AvgIpc) is 3.79. The SMILES string of the molecule is c1ccc2c(c1)ccc1c(-c3cc(-n4c5ccccc5c5ccccc54)cc(-n4c5ccccc5c5ccccc54)c3)cnn12. The maximum atomic E-state index is 4.91. The first-order chi connectivity index (χ1) is 22.3. The summed E-state index contributed by atoms with van der Waals surface area (Å²) in [4.78, 5) is 0. The van der Waals surface area contributed by atoms with E-state index in [9.17, 15) is 0 Å². The Balaban J connectivity index is 1.34. The van der Waals surface area contributed by atoms with Gasteiger partial charge in [0.05, 0.1) is 39.3 Å². The third kappa shape index (κ3) is 3.45. The van der Waals surface area contributed by atoms with E-state index in [2.05, 4.69) is 165 Å². The Hall–Kier alpha value is -6.13. The highest BCUT2D eigenvalue weighted by Gasteiger charge is 2.18. The molecule has 0 unspecified atom stereocenters. The third-order valence-electron chi connectivity index (χ3n) is 9.28. The zero-order valence-electron chi connectivity index (χ0n) is 24.3. The van der Waals surface area contributed by atoms with Crippen molar-refractivity contribution in [1.29, 1.82) is 0 Å². The normalized spacial score (nSPS) is 12.0. The minimum absolute atomic E-state index is 1.08. The minimum Gasteiger partial charge on any atom is -0.309 e. The van der Waals surface area contributed by atoms with Gasteiger partial charge in [0.25, 0.3) is 0 Å². The number of benzene rings is 6. The van der Waals surface area contributed by atoms with Gasteiger partial charge in [-0.05, 0) is 60.2 Å². The van der Waals surface area contributed by atoms with Crippen molar-refractivity contribution in [3.63, 3.8) is 0 Å². The van der Waals surface area contributed by atoms with E-state index in [0.717, 1.165) is 33.5 Å². The van der Waals surface area contributed by atoms with E-state index >= 15 is 0 Å². The summed E-state index contributed by atoms with van der Waals surface area (Å²) in [6.45, 7) is 0. The van der Waals surface area contributed by atoms with Gasteiger partial charge in [0.2, 0.25) is 0 Å². The lowest BCUT2D eigenvalue weighted by molar-refractivity contribution is 1.00. The summed E-state index contributed by atoms with van der Waals surface area (Å²) in [6.07, 6.45) is 2.02. The lowest BCUT2D eigenvalue weighted by Crippen LogP contribution is -2.00. The van der Waals surface area contributed by atoms with E-state index in [0.29, 0.717) is 0 Å². The molecule has 0 radical (unpaired) electrons. The maximum absolute atomic E-state index is 4.91. The van der Waals surface area contributed by atoms with Crippen molar-refractivity contribution >= 4 is 60.0 Å². The van der Waals surface area contributed by atoms with Crippen molar-refractivity contribution in [3.05, 3.63) is 158 Å².